The molecule has 0 saturated carbocycles. The molecule has 0 fully saturated rings. The van der Waals surface area contributed by atoms with Gasteiger partial charge >= 0.3 is 0 Å². The van der Waals surface area contributed by atoms with E-state index < -0.39 is 5.91 Å². The summed E-state index contributed by atoms with van der Waals surface area (Å²) in [5, 5.41) is 7.10. The fourth-order valence-electron chi connectivity index (χ4n) is 3.36. The van der Waals surface area contributed by atoms with Gasteiger partial charge in [-0.05, 0) is 45.1 Å². The maximum atomic E-state index is 13.0. The van der Waals surface area contributed by atoms with Crippen LogP contribution in [-0.2, 0) is 6.54 Å². The van der Waals surface area contributed by atoms with Crippen LogP contribution in [0.4, 0.5) is 5.69 Å². The third-order valence-corrected chi connectivity index (χ3v) is 4.74. The average Bonchev–Trinajstić information content (AvgIpc) is 3.08. The van der Waals surface area contributed by atoms with Crippen molar-refractivity contribution in [3.8, 4) is 0 Å². The van der Waals surface area contributed by atoms with Crippen LogP contribution < -0.4 is 10.9 Å². The number of hydrogen-bond donors (Lipinski definition) is 1. The number of aromatic nitrogens is 3. The molecule has 7 heteroatoms. The van der Waals surface area contributed by atoms with Crippen LogP contribution in [-0.4, -0.2) is 45.8 Å². The van der Waals surface area contributed by atoms with Gasteiger partial charge in [0.1, 0.15) is 5.56 Å². The third-order valence-electron chi connectivity index (χ3n) is 4.74. The van der Waals surface area contributed by atoms with Crippen LogP contribution in [0.2, 0.25) is 0 Å². The molecule has 0 radical (unpaired) electrons. The van der Waals surface area contributed by atoms with Crippen LogP contribution in [0, 0.1) is 6.92 Å². The quantitative estimate of drug-likeness (QED) is 0.670. The number of likely N-dealkylation sites (N-methyl/N-ethyl adjacent to an activating group) is 1. The number of rotatable bonds is 7. The first-order valence-corrected chi connectivity index (χ1v) is 9.59. The lowest BCUT2D eigenvalue weighted by atomic mass is 10.1. The van der Waals surface area contributed by atoms with Crippen molar-refractivity contribution in [3.63, 3.8) is 0 Å². The summed E-state index contributed by atoms with van der Waals surface area (Å²) in [7, 11) is 3.91. The van der Waals surface area contributed by atoms with Crippen molar-refractivity contribution in [2.24, 2.45) is 0 Å². The van der Waals surface area contributed by atoms with E-state index in [1.807, 2.05) is 56.3 Å². The number of benzene rings is 1. The Morgan fingerprint density at radius 3 is 2.62 bits per heavy atom. The lowest BCUT2D eigenvalue weighted by Crippen LogP contribution is -2.34. The van der Waals surface area contributed by atoms with E-state index in [0.29, 0.717) is 24.3 Å². The van der Waals surface area contributed by atoms with Crippen molar-refractivity contribution >= 4 is 11.6 Å². The summed E-state index contributed by atoms with van der Waals surface area (Å²) >= 11 is 0. The number of carbonyl (C=O) groups excluding carboxylic acids is 1. The number of nitrogens with zero attached hydrogens (tertiary/aromatic N) is 4. The molecule has 1 N–H and O–H groups in total. The summed E-state index contributed by atoms with van der Waals surface area (Å²) in [5.41, 5.74) is 2.20. The fraction of sp³-hybridized carbons (Fsp3) is 0.318. The zero-order chi connectivity index (χ0) is 21.0. The number of anilines is 1. The van der Waals surface area contributed by atoms with Gasteiger partial charge in [0.25, 0.3) is 11.5 Å². The highest BCUT2D eigenvalue weighted by Crippen LogP contribution is 2.12. The molecule has 0 bridgehead atoms. The SMILES string of the molecule is Cc1ccn(C(C)CN(C)C)c(=O)c1C(=O)Nc1cnn(Cc2ccccc2)c1. The topological polar surface area (TPSA) is 72.2 Å². The predicted octanol–water partition coefficient (Wildman–Crippen LogP) is 2.78. The molecule has 1 amide bonds. The Morgan fingerprint density at radius 1 is 1.21 bits per heavy atom. The van der Waals surface area contributed by atoms with E-state index in [2.05, 4.69) is 10.4 Å². The molecule has 0 aliphatic heterocycles. The van der Waals surface area contributed by atoms with Gasteiger partial charge in [-0.1, -0.05) is 30.3 Å². The molecule has 29 heavy (non-hydrogen) atoms. The minimum absolute atomic E-state index is 0.0433. The molecule has 1 unspecified atom stereocenters. The van der Waals surface area contributed by atoms with Gasteiger partial charge < -0.3 is 14.8 Å². The summed E-state index contributed by atoms with van der Waals surface area (Å²) in [6.45, 7) is 5.05. The zero-order valence-electron chi connectivity index (χ0n) is 17.3. The first-order chi connectivity index (χ1) is 13.8. The van der Waals surface area contributed by atoms with Crippen molar-refractivity contribution < 1.29 is 4.79 Å². The normalized spacial score (nSPS) is 12.2. The molecule has 152 valence electrons. The molecule has 3 aromatic rings. The Morgan fingerprint density at radius 2 is 1.93 bits per heavy atom. The number of hydrogen-bond acceptors (Lipinski definition) is 4. The van der Waals surface area contributed by atoms with E-state index in [9.17, 15) is 9.59 Å². The molecule has 2 aromatic heterocycles. The van der Waals surface area contributed by atoms with Gasteiger partial charge in [0.15, 0.2) is 0 Å². The minimum atomic E-state index is -0.418. The summed E-state index contributed by atoms with van der Waals surface area (Å²) in [6, 6.07) is 11.7. The zero-order valence-corrected chi connectivity index (χ0v) is 17.3. The summed E-state index contributed by atoms with van der Waals surface area (Å²) in [5.74, 6) is -0.418. The highest BCUT2D eigenvalue weighted by molar-refractivity contribution is 6.04. The van der Waals surface area contributed by atoms with Gasteiger partial charge in [-0.3, -0.25) is 14.3 Å². The molecule has 0 spiro atoms. The van der Waals surface area contributed by atoms with Crippen LogP contribution in [0.1, 0.15) is 34.5 Å². The number of amides is 1. The number of nitrogens with one attached hydrogen (secondary N) is 1. The largest absolute Gasteiger partial charge is 0.319 e. The molecule has 0 saturated heterocycles. The molecule has 7 nitrogen and oxygen atoms in total. The van der Waals surface area contributed by atoms with Gasteiger partial charge in [-0.2, -0.15) is 5.10 Å². The smallest absolute Gasteiger partial charge is 0.263 e. The number of aryl methyl sites for hydroxylation is 1. The molecule has 3 rings (SSSR count). The minimum Gasteiger partial charge on any atom is -0.319 e. The monoisotopic (exact) mass is 393 g/mol. The second-order valence-electron chi connectivity index (χ2n) is 7.56. The average molecular weight is 393 g/mol. The highest BCUT2D eigenvalue weighted by Gasteiger charge is 2.19. The van der Waals surface area contributed by atoms with Crippen LogP contribution in [0.5, 0.6) is 0 Å². The van der Waals surface area contributed by atoms with Crippen LogP contribution in [0.3, 0.4) is 0 Å². The van der Waals surface area contributed by atoms with Crippen molar-refractivity contribution in [1.82, 2.24) is 19.2 Å². The van der Waals surface area contributed by atoms with E-state index in [4.69, 9.17) is 0 Å². The van der Waals surface area contributed by atoms with Gasteiger partial charge in [-0.15, -0.1) is 0 Å². The summed E-state index contributed by atoms with van der Waals surface area (Å²) in [4.78, 5) is 27.8. The Hall–Kier alpha value is -3.19. The lowest BCUT2D eigenvalue weighted by molar-refractivity contribution is 0.102. The summed E-state index contributed by atoms with van der Waals surface area (Å²) in [6.07, 6.45) is 5.10. The van der Waals surface area contributed by atoms with Gasteiger partial charge in [0, 0.05) is 25.0 Å². The molecule has 1 aromatic carbocycles. The lowest BCUT2D eigenvalue weighted by Gasteiger charge is -2.20. The van der Waals surface area contributed by atoms with Gasteiger partial charge in [0.2, 0.25) is 0 Å². The van der Waals surface area contributed by atoms with E-state index >= 15 is 0 Å². The second kappa shape index (κ2) is 8.87. The van der Waals surface area contributed by atoms with Crippen molar-refractivity contribution in [2.45, 2.75) is 26.4 Å². The van der Waals surface area contributed by atoms with Crippen LogP contribution in [0.25, 0.3) is 0 Å². The number of pyridine rings is 1. The van der Waals surface area contributed by atoms with E-state index in [1.54, 1.807) is 40.8 Å². The highest BCUT2D eigenvalue weighted by atomic mass is 16.2. The standard InChI is InChI=1S/C22H27N5O2/c1-16-10-11-27(17(2)13-25(3)4)22(29)20(16)21(28)24-19-12-23-26(15-19)14-18-8-6-5-7-9-18/h5-12,15,17H,13-14H2,1-4H3,(H,24,28). The Kier molecular flexibility index (Phi) is 6.29. The Labute approximate surface area is 170 Å². The molecule has 0 aliphatic rings. The van der Waals surface area contributed by atoms with E-state index in [1.165, 1.54) is 0 Å². The second-order valence-corrected chi connectivity index (χ2v) is 7.56. The molecular formula is C22H27N5O2. The Balaban J connectivity index is 1.78. The summed E-state index contributed by atoms with van der Waals surface area (Å²) < 4.78 is 3.36. The van der Waals surface area contributed by atoms with Gasteiger partial charge in [-0.25, -0.2) is 0 Å². The molecule has 0 aliphatic carbocycles. The van der Waals surface area contributed by atoms with Crippen molar-refractivity contribution in [2.75, 3.05) is 26.0 Å². The van der Waals surface area contributed by atoms with E-state index in [-0.39, 0.29) is 17.2 Å². The van der Waals surface area contributed by atoms with Crippen LogP contribution in [0.15, 0.2) is 59.8 Å². The maximum Gasteiger partial charge on any atom is 0.263 e. The molecular weight excluding hydrogens is 366 g/mol. The predicted molar refractivity (Wildman–Crippen MR) is 114 cm³/mol. The van der Waals surface area contributed by atoms with E-state index in [0.717, 1.165) is 5.56 Å². The van der Waals surface area contributed by atoms with Gasteiger partial charge in [0.05, 0.1) is 18.4 Å². The van der Waals surface area contributed by atoms with Crippen LogP contribution >= 0.6 is 0 Å². The van der Waals surface area contributed by atoms with Crippen molar-refractivity contribution in [3.05, 3.63) is 82.0 Å². The van der Waals surface area contributed by atoms with Crippen molar-refractivity contribution in [1.29, 1.82) is 0 Å². The molecule has 1 atom stereocenters. The third kappa shape index (κ3) is 5.00. The molecule has 2 heterocycles. The maximum absolute atomic E-state index is 13.0. The first-order valence-electron chi connectivity index (χ1n) is 9.59. The Bertz CT molecular complexity index is 1040. The number of carbonyl (C=O) groups is 1. The fourth-order valence-corrected chi connectivity index (χ4v) is 3.36. The first kappa shape index (κ1) is 20.5.